The van der Waals surface area contributed by atoms with Crippen molar-refractivity contribution < 1.29 is 14.3 Å². The number of hydrogen-bond acceptors (Lipinski definition) is 6. The zero-order valence-electron chi connectivity index (χ0n) is 22.1. The Kier molecular flexibility index (Phi) is 7.64. The fourth-order valence-corrected chi connectivity index (χ4v) is 5.27. The first-order valence-corrected chi connectivity index (χ1v) is 13.4. The average molecular weight is 509 g/mol. The van der Waals surface area contributed by atoms with Gasteiger partial charge in [-0.15, -0.1) is 11.8 Å². The molecule has 0 bridgehead atoms. The molecule has 2 aliphatic rings. The van der Waals surface area contributed by atoms with E-state index in [2.05, 4.69) is 57.3 Å². The van der Waals surface area contributed by atoms with E-state index in [1.54, 1.807) is 44.2 Å². The number of thioether (sulfide) groups is 1. The largest absolute Gasteiger partial charge is 0.497 e. The summed E-state index contributed by atoms with van der Waals surface area (Å²) in [6, 6.07) is 13.9. The summed E-state index contributed by atoms with van der Waals surface area (Å²) in [6.07, 6.45) is 1.38. The van der Waals surface area contributed by atoms with Crippen molar-refractivity contribution in [1.29, 1.82) is 0 Å². The number of anilines is 1. The number of methoxy groups -OCH3 is 2. The summed E-state index contributed by atoms with van der Waals surface area (Å²) in [6.45, 7) is 9.96. The normalized spacial score (nSPS) is 17.0. The van der Waals surface area contributed by atoms with E-state index in [1.165, 1.54) is 5.56 Å². The Labute approximate surface area is 218 Å². The van der Waals surface area contributed by atoms with Gasteiger partial charge in [0.05, 0.1) is 25.6 Å². The Bertz CT molecular complexity index is 1160. The molecule has 1 saturated heterocycles. The van der Waals surface area contributed by atoms with E-state index in [1.807, 2.05) is 4.90 Å². The number of carbonyl (C=O) groups excluding carboxylic acids is 1. The van der Waals surface area contributed by atoms with Crippen LogP contribution in [0.15, 0.2) is 52.4 Å². The maximum absolute atomic E-state index is 13.0. The molecule has 36 heavy (non-hydrogen) atoms. The van der Waals surface area contributed by atoms with E-state index in [9.17, 15) is 4.79 Å². The number of nitrogens with zero attached hydrogens (tertiary/aromatic N) is 3. The Morgan fingerprint density at radius 3 is 2.33 bits per heavy atom. The van der Waals surface area contributed by atoms with Crippen molar-refractivity contribution in [1.82, 2.24) is 4.90 Å². The summed E-state index contributed by atoms with van der Waals surface area (Å²) < 4.78 is 10.7. The number of amides is 2. The highest BCUT2D eigenvalue weighted by Gasteiger charge is 2.40. The van der Waals surface area contributed by atoms with Gasteiger partial charge in [-0.1, -0.05) is 52.0 Å². The molecule has 0 aromatic heterocycles. The first-order valence-electron chi connectivity index (χ1n) is 12.4. The lowest BCUT2D eigenvalue weighted by molar-refractivity contribution is 0.175. The summed E-state index contributed by atoms with van der Waals surface area (Å²) in [4.78, 5) is 25.1. The smallest absolute Gasteiger partial charge is 0.321 e. The minimum Gasteiger partial charge on any atom is -0.497 e. The second-order valence-corrected chi connectivity index (χ2v) is 11.4. The minimum atomic E-state index is -0.496. The third-order valence-electron chi connectivity index (χ3n) is 6.64. The fraction of sp³-hybridized carbons (Fsp3) is 0.464. The highest BCUT2D eigenvalue weighted by Crippen LogP contribution is 2.36. The van der Waals surface area contributed by atoms with Crippen LogP contribution >= 0.6 is 11.8 Å². The number of likely N-dealkylation sites (tertiary alicyclic amines) is 1. The third-order valence-corrected chi connectivity index (χ3v) is 7.49. The number of hydrogen-bond donors (Lipinski definition) is 1. The van der Waals surface area contributed by atoms with Crippen molar-refractivity contribution in [3.05, 3.63) is 53.6 Å². The molecule has 1 N–H and O–H groups in total. The van der Waals surface area contributed by atoms with E-state index in [0.717, 1.165) is 22.1 Å². The number of benzene rings is 2. The monoisotopic (exact) mass is 508 g/mol. The van der Waals surface area contributed by atoms with Gasteiger partial charge in [-0.2, -0.15) is 0 Å². The molecule has 0 unspecified atom stereocenters. The predicted molar refractivity (Wildman–Crippen MR) is 149 cm³/mol. The summed E-state index contributed by atoms with van der Waals surface area (Å²) in [5, 5.41) is 3.97. The van der Waals surface area contributed by atoms with Gasteiger partial charge in [0.2, 0.25) is 0 Å². The van der Waals surface area contributed by atoms with E-state index in [-0.39, 0.29) is 11.4 Å². The van der Waals surface area contributed by atoms with Crippen LogP contribution in [0.5, 0.6) is 11.5 Å². The Morgan fingerprint density at radius 1 is 1.06 bits per heavy atom. The average Bonchev–Trinajstić information content (AvgIpc) is 3.21. The van der Waals surface area contributed by atoms with Gasteiger partial charge in [-0.25, -0.2) is 9.79 Å². The number of carbonyl (C=O) groups is 1. The Balaban J connectivity index is 1.47. The van der Waals surface area contributed by atoms with Crippen LogP contribution in [0.4, 0.5) is 10.5 Å². The molecule has 2 aliphatic heterocycles. The zero-order chi connectivity index (χ0) is 25.9. The van der Waals surface area contributed by atoms with Crippen LogP contribution in [-0.4, -0.2) is 60.4 Å². The van der Waals surface area contributed by atoms with Crippen molar-refractivity contribution in [3.8, 4) is 11.5 Å². The highest BCUT2D eigenvalue weighted by atomic mass is 32.2. The van der Waals surface area contributed by atoms with Crippen LogP contribution in [0.25, 0.3) is 0 Å². The van der Waals surface area contributed by atoms with Crippen molar-refractivity contribution in [3.63, 3.8) is 0 Å². The molecule has 1 spiro atoms. The molecule has 0 aliphatic carbocycles. The van der Waals surface area contributed by atoms with Crippen molar-refractivity contribution in [2.24, 2.45) is 9.98 Å². The van der Waals surface area contributed by atoms with Gasteiger partial charge in [0.1, 0.15) is 16.5 Å². The number of aliphatic imine (C=N–C) groups is 2. The first kappa shape index (κ1) is 26.1. The van der Waals surface area contributed by atoms with Crippen molar-refractivity contribution >= 4 is 34.2 Å². The molecule has 0 radical (unpaired) electrons. The molecule has 1 fully saturated rings. The minimum absolute atomic E-state index is 0.107. The maximum Gasteiger partial charge on any atom is 0.321 e. The van der Waals surface area contributed by atoms with Crippen LogP contribution in [-0.2, 0) is 5.41 Å². The summed E-state index contributed by atoms with van der Waals surface area (Å²) >= 11 is 1.74. The molecule has 192 valence electrons. The molecule has 2 amide bonds. The molecule has 8 heteroatoms. The van der Waals surface area contributed by atoms with Crippen molar-refractivity contribution in [2.45, 2.75) is 51.6 Å². The third kappa shape index (κ3) is 5.53. The quantitative estimate of drug-likeness (QED) is 0.539. The number of rotatable bonds is 5. The predicted octanol–water partition coefficient (Wildman–Crippen LogP) is 5.98. The standard InChI is InChI=1S/C28H36N4O3S/c1-7-36-25-24(19-8-10-20(11-9-19)27(2,3)4)30-28(31-25)14-16-32(17-15-28)26(33)29-22-13-12-21(34-5)18-23(22)35-6/h8-13,18H,7,14-17H2,1-6H3,(H,29,33). The SMILES string of the molecule is CCSC1=NC2(CCN(C(=O)Nc3ccc(OC)cc3OC)CC2)N=C1c1ccc(C(C)(C)C)cc1. The molecule has 2 aromatic rings. The van der Waals surface area contributed by atoms with Crippen LogP contribution in [0.2, 0.25) is 0 Å². The van der Waals surface area contributed by atoms with Gasteiger partial charge < -0.3 is 19.7 Å². The lowest BCUT2D eigenvalue weighted by atomic mass is 9.86. The highest BCUT2D eigenvalue weighted by molar-refractivity contribution is 8.15. The number of urea groups is 1. The summed E-state index contributed by atoms with van der Waals surface area (Å²) in [7, 11) is 3.17. The summed E-state index contributed by atoms with van der Waals surface area (Å²) in [5.74, 6) is 2.17. The van der Waals surface area contributed by atoms with Crippen molar-refractivity contribution in [2.75, 3.05) is 38.4 Å². The maximum atomic E-state index is 13.0. The second kappa shape index (κ2) is 10.5. The Hall–Kier alpha value is -3.00. The topological polar surface area (TPSA) is 75.5 Å². The van der Waals surface area contributed by atoms with E-state index >= 15 is 0 Å². The van der Waals surface area contributed by atoms with E-state index < -0.39 is 5.66 Å². The van der Waals surface area contributed by atoms with Gasteiger partial charge in [0, 0.05) is 37.6 Å². The lowest BCUT2D eigenvalue weighted by Gasteiger charge is -2.35. The Morgan fingerprint density at radius 2 is 1.75 bits per heavy atom. The first-order chi connectivity index (χ1) is 17.2. The van der Waals surface area contributed by atoms with Gasteiger partial charge in [-0.3, -0.25) is 4.99 Å². The van der Waals surface area contributed by atoms with Gasteiger partial charge in [0.25, 0.3) is 0 Å². The molecule has 2 aromatic carbocycles. The number of piperidine rings is 1. The number of nitrogens with one attached hydrogen (secondary N) is 1. The van der Waals surface area contributed by atoms with Gasteiger partial charge in [0.15, 0.2) is 5.66 Å². The van der Waals surface area contributed by atoms with Crippen LogP contribution in [0, 0.1) is 0 Å². The van der Waals surface area contributed by atoms with E-state index in [4.69, 9.17) is 19.5 Å². The molecule has 0 saturated carbocycles. The summed E-state index contributed by atoms with van der Waals surface area (Å²) in [5.41, 5.74) is 3.60. The van der Waals surface area contributed by atoms with Crippen LogP contribution < -0.4 is 14.8 Å². The lowest BCUT2D eigenvalue weighted by Crippen LogP contribution is -2.46. The molecular formula is C28H36N4O3S. The van der Waals surface area contributed by atoms with Crippen LogP contribution in [0.1, 0.15) is 51.7 Å². The van der Waals surface area contributed by atoms with Crippen LogP contribution in [0.3, 0.4) is 0 Å². The zero-order valence-corrected chi connectivity index (χ0v) is 22.9. The fourth-order valence-electron chi connectivity index (χ4n) is 4.46. The molecule has 4 rings (SSSR count). The van der Waals surface area contributed by atoms with Gasteiger partial charge in [-0.05, 0) is 28.9 Å². The second-order valence-electron chi connectivity index (χ2n) is 10.1. The molecule has 0 atom stereocenters. The van der Waals surface area contributed by atoms with Gasteiger partial charge >= 0.3 is 6.03 Å². The molecule has 7 nitrogen and oxygen atoms in total. The van der Waals surface area contributed by atoms with E-state index in [0.29, 0.717) is 43.1 Å². The molecule has 2 heterocycles. The number of ether oxygens (including phenoxy) is 2. The molecular weight excluding hydrogens is 472 g/mol.